The summed E-state index contributed by atoms with van der Waals surface area (Å²) in [6.07, 6.45) is 0. The zero-order valence-corrected chi connectivity index (χ0v) is 22.9. The van der Waals surface area contributed by atoms with Crippen LogP contribution in [0.1, 0.15) is 23.2 Å². The number of nitrogens with one attached hydrogen (secondary N) is 2. The van der Waals surface area contributed by atoms with Gasteiger partial charge in [0.25, 0.3) is 0 Å². The van der Waals surface area contributed by atoms with Crippen molar-refractivity contribution in [1.82, 2.24) is 14.5 Å². The summed E-state index contributed by atoms with van der Waals surface area (Å²) < 4.78 is 30.1. The molecule has 1 heterocycles. The van der Waals surface area contributed by atoms with Gasteiger partial charge in [-0.15, -0.1) is 0 Å². The highest BCUT2D eigenvalue weighted by Crippen LogP contribution is 2.47. The molecule has 0 spiro atoms. The van der Waals surface area contributed by atoms with E-state index < -0.39 is 16.1 Å². The van der Waals surface area contributed by atoms with Crippen LogP contribution in [0.15, 0.2) is 95.9 Å². The molecular formula is C29H27ClN4O2S2. The fourth-order valence-electron chi connectivity index (χ4n) is 5.57. The fourth-order valence-corrected chi connectivity index (χ4v) is 7.21. The predicted molar refractivity (Wildman–Crippen MR) is 157 cm³/mol. The first-order valence-corrected chi connectivity index (χ1v) is 14.8. The van der Waals surface area contributed by atoms with E-state index >= 15 is 0 Å². The molecule has 2 N–H and O–H groups in total. The molecule has 0 unspecified atom stereocenters. The van der Waals surface area contributed by atoms with E-state index in [2.05, 4.69) is 44.1 Å². The van der Waals surface area contributed by atoms with Gasteiger partial charge in [0.15, 0.2) is 5.11 Å². The Morgan fingerprint density at radius 1 is 0.816 bits per heavy atom. The van der Waals surface area contributed by atoms with E-state index in [9.17, 15) is 8.42 Å². The summed E-state index contributed by atoms with van der Waals surface area (Å²) in [4.78, 5) is 4.76. The molecule has 1 aliphatic heterocycles. The van der Waals surface area contributed by atoms with Crippen LogP contribution in [-0.4, -0.2) is 49.5 Å². The van der Waals surface area contributed by atoms with Gasteiger partial charge in [-0.3, -0.25) is 4.90 Å². The van der Waals surface area contributed by atoms with Gasteiger partial charge in [0.1, 0.15) is 0 Å². The van der Waals surface area contributed by atoms with Crippen LogP contribution >= 0.6 is 23.8 Å². The Kier molecular flexibility index (Phi) is 6.84. The summed E-state index contributed by atoms with van der Waals surface area (Å²) in [6, 6.07) is 28.1. The van der Waals surface area contributed by atoms with Crippen molar-refractivity contribution in [3.05, 3.63) is 107 Å². The Hall–Kier alpha value is -3.01. The van der Waals surface area contributed by atoms with E-state index in [0.29, 0.717) is 10.1 Å². The number of thiocarbonyl (C=S) groups is 1. The lowest BCUT2D eigenvalue weighted by atomic mass is 10.0. The summed E-state index contributed by atoms with van der Waals surface area (Å²) in [5, 5.41) is 6.77. The molecule has 1 aliphatic carbocycles. The first-order chi connectivity index (χ1) is 18.4. The Labute approximate surface area is 233 Å². The van der Waals surface area contributed by atoms with Crippen molar-refractivity contribution >= 4 is 55.4 Å². The topological polar surface area (TPSA) is 64.7 Å². The predicted octanol–water partition coefficient (Wildman–Crippen LogP) is 5.58. The van der Waals surface area contributed by atoms with Crippen molar-refractivity contribution < 1.29 is 8.42 Å². The Balaban J connectivity index is 1.27. The maximum atomic E-state index is 13.5. The van der Waals surface area contributed by atoms with Gasteiger partial charge < -0.3 is 10.2 Å². The van der Waals surface area contributed by atoms with Crippen molar-refractivity contribution in [2.75, 3.05) is 31.5 Å². The van der Waals surface area contributed by atoms with Gasteiger partial charge in [0.05, 0.1) is 17.0 Å². The number of nitrogens with zero attached hydrogens (tertiary/aromatic N) is 2. The third kappa shape index (κ3) is 4.79. The Bertz CT molecular complexity index is 1580. The molecule has 0 aromatic heterocycles. The van der Waals surface area contributed by atoms with E-state index in [4.69, 9.17) is 23.8 Å². The summed E-state index contributed by atoms with van der Waals surface area (Å²) >= 11 is 11.7. The minimum atomic E-state index is -3.78. The lowest BCUT2D eigenvalue weighted by Gasteiger charge is -2.41. The van der Waals surface area contributed by atoms with Crippen molar-refractivity contribution in [3.63, 3.8) is 0 Å². The van der Waals surface area contributed by atoms with Crippen molar-refractivity contribution in [2.45, 2.75) is 17.0 Å². The van der Waals surface area contributed by atoms with Crippen LogP contribution in [0.5, 0.6) is 0 Å². The van der Waals surface area contributed by atoms with E-state index in [1.165, 1.54) is 0 Å². The van der Waals surface area contributed by atoms with E-state index in [-0.39, 0.29) is 10.9 Å². The summed E-state index contributed by atoms with van der Waals surface area (Å²) in [7, 11) is -3.78. The quantitative estimate of drug-likeness (QED) is 0.310. The SMILES string of the molecule is O=S(=O)(N[C@@H]1c2cccc3cccc(c23)[C@H]1N1CCN(C(=S)Nc2ccccc2)CC1)c1ccc(Cl)cc1. The molecule has 1 fully saturated rings. The van der Waals surface area contributed by atoms with E-state index in [1.54, 1.807) is 24.3 Å². The molecule has 0 bridgehead atoms. The fraction of sp³-hybridized carbons (Fsp3) is 0.207. The largest absolute Gasteiger partial charge is 0.346 e. The second-order valence-corrected chi connectivity index (χ2v) is 12.1. The van der Waals surface area contributed by atoms with Gasteiger partial charge >= 0.3 is 0 Å². The number of piperazine rings is 1. The molecule has 0 amide bonds. The van der Waals surface area contributed by atoms with Crippen LogP contribution in [0, 0.1) is 0 Å². The Morgan fingerprint density at radius 3 is 2.16 bits per heavy atom. The molecule has 6 nitrogen and oxygen atoms in total. The van der Waals surface area contributed by atoms with Crippen LogP contribution in [-0.2, 0) is 10.0 Å². The first-order valence-electron chi connectivity index (χ1n) is 12.6. The number of sulfonamides is 1. The number of hydrogen-bond donors (Lipinski definition) is 2. The standard InChI is InChI=1S/C29H27ClN4O2S2/c30-21-12-14-23(15-13-21)38(35,36)32-27-24-10-4-6-20-7-5-11-25(26(20)24)28(27)33-16-18-34(19-17-33)29(37)31-22-8-2-1-3-9-22/h1-15,27-28,32H,16-19H2,(H,31,37)/t27-,28-/m1/s1. The lowest BCUT2D eigenvalue weighted by molar-refractivity contribution is 0.117. The maximum Gasteiger partial charge on any atom is 0.241 e. The highest BCUT2D eigenvalue weighted by atomic mass is 35.5. The van der Waals surface area contributed by atoms with Gasteiger partial charge in [0, 0.05) is 36.9 Å². The van der Waals surface area contributed by atoms with Gasteiger partial charge in [-0.1, -0.05) is 66.2 Å². The van der Waals surface area contributed by atoms with E-state index in [1.807, 2.05) is 42.5 Å². The molecule has 1 saturated heterocycles. The molecule has 4 aromatic rings. The zero-order valence-electron chi connectivity index (χ0n) is 20.5. The number of para-hydroxylation sites is 1. The molecule has 9 heteroatoms. The third-order valence-corrected chi connectivity index (χ3v) is 9.43. The van der Waals surface area contributed by atoms with Crippen LogP contribution < -0.4 is 10.0 Å². The molecule has 38 heavy (non-hydrogen) atoms. The number of rotatable bonds is 5. The van der Waals surface area contributed by atoms with Gasteiger partial charge in [-0.05, 0) is 70.5 Å². The van der Waals surface area contributed by atoms with Crippen LogP contribution in [0.25, 0.3) is 10.8 Å². The third-order valence-electron chi connectivity index (χ3n) is 7.36. The van der Waals surface area contributed by atoms with Crippen molar-refractivity contribution in [2.24, 2.45) is 0 Å². The average Bonchev–Trinajstić information content (AvgIpc) is 3.24. The average molecular weight is 563 g/mol. The summed E-state index contributed by atoms with van der Waals surface area (Å²) in [6.45, 7) is 3.01. The van der Waals surface area contributed by atoms with Gasteiger partial charge in [-0.25, -0.2) is 13.1 Å². The molecular weight excluding hydrogens is 536 g/mol. The molecule has 2 atom stereocenters. The van der Waals surface area contributed by atoms with Crippen molar-refractivity contribution in [1.29, 1.82) is 0 Å². The minimum Gasteiger partial charge on any atom is -0.346 e. The molecule has 2 aliphatic rings. The summed E-state index contributed by atoms with van der Waals surface area (Å²) in [5.41, 5.74) is 3.12. The minimum absolute atomic E-state index is 0.129. The lowest BCUT2D eigenvalue weighted by Crippen LogP contribution is -2.52. The number of benzene rings is 4. The zero-order chi connectivity index (χ0) is 26.3. The number of anilines is 1. The molecule has 194 valence electrons. The molecule has 0 radical (unpaired) electrons. The van der Waals surface area contributed by atoms with Crippen LogP contribution in [0.3, 0.4) is 0 Å². The normalized spacial score (nSPS) is 19.6. The number of hydrogen-bond acceptors (Lipinski definition) is 4. The monoisotopic (exact) mass is 562 g/mol. The van der Waals surface area contributed by atoms with Crippen LogP contribution in [0.4, 0.5) is 5.69 Å². The maximum absolute atomic E-state index is 13.5. The Morgan fingerprint density at radius 2 is 1.47 bits per heavy atom. The van der Waals surface area contributed by atoms with E-state index in [0.717, 1.165) is 53.8 Å². The van der Waals surface area contributed by atoms with Gasteiger partial charge in [0.2, 0.25) is 10.0 Å². The molecule has 4 aromatic carbocycles. The smallest absolute Gasteiger partial charge is 0.241 e. The van der Waals surface area contributed by atoms with Crippen molar-refractivity contribution in [3.8, 4) is 0 Å². The first kappa shape index (κ1) is 25.3. The highest BCUT2D eigenvalue weighted by molar-refractivity contribution is 7.89. The molecule has 0 saturated carbocycles. The van der Waals surface area contributed by atoms with Crippen LogP contribution in [0.2, 0.25) is 5.02 Å². The van der Waals surface area contributed by atoms with Gasteiger partial charge in [-0.2, -0.15) is 0 Å². The second-order valence-electron chi connectivity index (χ2n) is 9.61. The summed E-state index contributed by atoms with van der Waals surface area (Å²) in [5.74, 6) is 0. The number of halogens is 1. The highest BCUT2D eigenvalue weighted by Gasteiger charge is 2.41. The molecule has 6 rings (SSSR count). The second kappa shape index (κ2) is 10.3.